The number of hydrogen-bond donors (Lipinski definition) is 0. The van der Waals surface area contributed by atoms with Crippen LogP contribution in [0.15, 0.2) is 17.6 Å². The summed E-state index contributed by atoms with van der Waals surface area (Å²) in [7, 11) is 0. The van der Waals surface area contributed by atoms with E-state index in [4.69, 9.17) is 4.74 Å². The molecule has 138 valence electrons. The number of amides is 1. The van der Waals surface area contributed by atoms with Crippen molar-refractivity contribution in [3.63, 3.8) is 0 Å². The maximum absolute atomic E-state index is 12.3. The van der Waals surface area contributed by atoms with E-state index >= 15 is 0 Å². The van der Waals surface area contributed by atoms with Gasteiger partial charge in [0.05, 0.1) is 13.2 Å². The lowest BCUT2D eigenvalue weighted by atomic mass is 9.93. The summed E-state index contributed by atoms with van der Waals surface area (Å²) < 4.78 is 5.32. The molecule has 1 aromatic heterocycles. The van der Waals surface area contributed by atoms with Gasteiger partial charge in [-0.1, -0.05) is 11.8 Å². The molecular formula is C18H28N4O2S. The van der Waals surface area contributed by atoms with Crippen molar-refractivity contribution < 1.29 is 9.53 Å². The molecule has 2 aliphatic rings. The van der Waals surface area contributed by atoms with E-state index in [2.05, 4.69) is 14.9 Å². The summed E-state index contributed by atoms with van der Waals surface area (Å²) in [6, 6.07) is 0. The summed E-state index contributed by atoms with van der Waals surface area (Å²) in [6.45, 7) is 5.96. The summed E-state index contributed by atoms with van der Waals surface area (Å²) in [5.74, 6) is 0.909. The lowest BCUT2D eigenvalue weighted by molar-refractivity contribution is -0.135. The van der Waals surface area contributed by atoms with Crippen molar-refractivity contribution >= 4 is 17.7 Å². The number of nitrogens with zero attached hydrogens (tertiary/aromatic N) is 4. The number of rotatable bonds is 6. The van der Waals surface area contributed by atoms with Crippen LogP contribution < -0.4 is 0 Å². The summed E-state index contributed by atoms with van der Waals surface area (Å²) >= 11 is 1.57. The summed E-state index contributed by atoms with van der Waals surface area (Å²) in [5, 5.41) is 0.821. The number of aromatic nitrogens is 2. The minimum Gasteiger partial charge on any atom is -0.378 e. The molecule has 0 bridgehead atoms. The van der Waals surface area contributed by atoms with E-state index in [0.717, 1.165) is 44.3 Å². The highest BCUT2D eigenvalue weighted by Gasteiger charge is 2.23. The molecule has 3 heterocycles. The monoisotopic (exact) mass is 364 g/mol. The lowest BCUT2D eigenvalue weighted by Crippen LogP contribution is -2.41. The second-order valence-electron chi connectivity index (χ2n) is 6.85. The number of ether oxygens (including phenoxy) is 1. The zero-order valence-electron chi connectivity index (χ0n) is 15.0. The van der Waals surface area contributed by atoms with Gasteiger partial charge in [-0.25, -0.2) is 9.97 Å². The zero-order chi connectivity index (χ0) is 17.5. The zero-order valence-corrected chi connectivity index (χ0v) is 15.8. The molecule has 2 fully saturated rings. The Morgan fingerprint density at radius 1 is 1.28 bits per heavy atom. The molecule has 0 saturated carbocycles. The number of carbonyl (C=O) groups is 1. The van der Waals surface area contributed by atoms with Crippen LogP contribution in [-0.4, -0.2) is 71.3 Å². The van der Waals surface area contributed by atoms with Gasteiger partial charge in [-0.3, -0.25) is 9.69 Å². The van der Waals surface area contributed by atoms with Gasteiger partial charge in [0.1, 0.15) is 0 Å². The molecule has 2 aliphatic heterocycles. The Labute approximate surface area is 154 Å². The lowest BCUT2D eigenvalue weighted by Gasteiger charge is -2.33. The minimum atomic E-state index is 0.293. The van der Waals surface area contributed by atoms with Gasteiger partial charge in [-0.2, -0.15) is 0 Å². The smallest absolute Gasteiger partial charge is 0.222 e. The van der Waals surface area contributed by atoms with Crippen LogP contribution in [-0.2, 0) is 16.1 Å². The van der Waals surface area contributed by atoms with E-state index in [0.29, 0.717) is 31.5 Å². The van der Waals surface area contributed by atoms with Gasteiger partial charge >= 0.3 is 0 Å². The number of piperidine rings is 1. The van der Waals surface area contributed by atoms with Crippen LogP contribution in [0.2, 0.25) is 0 Å². The Bertz CT molecular complexity index is 549. The van der Waals surface area contributed by atoms with Crippen molar-refractivity contribution in [3.8, 4) is 0 Å². The fraction of sp³-hybridized carbons (Fsp3) is 0.722. The van der Waals surface area contributed by atoms with Gasteiger partial charge in [0, 0.05) is 50.6 Å². The van der Waals surface area contributed by atoms with Crippen molar-refractivity contribution in [1.82, 2.24) is 19.8 Å². The Balaban J connectivity index is 1.43. The third kappa shape index (κ3) is 5.66. The van der Waals surface area contributed by atoms with Gasteiger partial charge in [-0.05, 0) is 38.0 Å². The second-order valence-corrected chi connectivity index (χ2v) is 7.63. The first-order valence-electron chi connectivity index (χ1n) is 9.17. The van der Waals surface area contributed by atoms with E-state index in [-0.39, 0.29) is 0 Å². The third-order valence-corrected chi connectivity index (χ3v) is 5.58. The number of hydrogen-bond acceptors (Lipinski definition) is 6. The molecule has 0 radical (unpaired) electrons. The molecule has 2 saturated heterocycles. The molecule has 1 amide bonds. The molecule has 0 N–H and O–H groups in total. The first-order chi connectivity index (χ1) is 12.2. The maximum Gasteiger partial charge on any atom is 0.222 e. The van der Waals surface area contributed by atoms with Crippen LogP contribution in [0.4, 0.5) is 0 Å². The Morgan fingerprint density at radius 3 is 2.76 bits per heavy atom. The topological polar surface area (TPSA) is 58.6 Å². The highest BCUT2D eigenvalue weighted by atomic mass is 32.2. The van der Waals surface area contributed by atoms with Crippen LogP contribution in [0.25, 0.3) is 0 Å². The van der Waals surface area contributed by atoms with Gasteiger partial charge in [0.2, 0.25) is 5.91 Å². The molecule has 1 atom stereocenters. The van der Waals surface area contributed by atoms with E-state index in [1.807, 2.05) is 23.5 Å². The molecule has 6 nitrogen and oxygen atoms in total. The van der Waals surface area contributed by atoms with Crippen molar-refractivity contribution in [2.45, 2.75) is 37.4 Å². The van der Waals surface area contributed by atoms with Crippen molar-refractivity contribution in [1.29, 1.82) is 0 Å². The Morgan fingerprint density at radius 2 is 2.04 bits per heavy atom. The fourth-order valence-electron chi connectivity index (χ4n) is 3.62. The normalized spacial score (nSPS) is 22.1. The Kier molecular flexibility index (Phi) is 7.07. The van der Waals surface area contributed by atoms with Crippen LogP contribution in [0.1, 0.15) is 31.2 Å². The molecule has 1 unspecified atom stereocenters. The predicted octanol–water partition coefficient (Wildman–Crippen LogP) is 2.05. The van der Waals surface area contributed by atoms with Gasteiger partial charge in [0.25, 0.3) is 0 Å². The van der Waals surface area contributed by atoms with E-state index in [1.165, 1.54) is 18.4 Å². The summed E-state index contributed by atoms with van der Waals surface area (Å²) in [4.78, 5) is 25.5. The molecule has 0 aliphatic carbocycles. The van der Waals surface area contributed by atoms with Crippen LogP contribution >= 0.6 is 11.8 Å². The van der Waals surface area contributed by atoms with Crippen LogP contribution in [0.5, 0.6) is 0 Å². The molecule has 0 aromatic carbocycles. The highest BCUT2D eigenvalue weighted by Crippen LogP contribution is 2.23. The quantitative estimate of drug-likeness (QED) is 0.569. The molecule has 0 spiro atoms. The van der Waals surface area contributed by atoms with Crippen molar-refractivity contribution in [2.24, 2.45) is 5.92 Å². The van der Waals surface area contributed by atoms with Crippen LogP contribution in [0, 0.1) is 5.92 Å². The van der Waals surface area contributed by atoms with E-state index in [1.54, 1.807) is 11.8 Å². The van der Waals surface area contributed by atoms with Crippen LogP contribution in [0.3, 0.4) is 0 Å². The van der Waals surface area contributed by atoms with Crippen molar-refractivity contribution in [2.75, 3.05) is 45.6 Å². The average Bonchev–Trinajstić information content (AvgIpc) is 2.68. The maximum atomic E-state index is 12.3. The summed E-state index contributed by atoms with van der Waals surface area (Å²) in [5.41, 5.74) is 1.17. The van der Waals surface area contributed by atoms with Crippen molar-refractivity contribution in [3.05, 3.63) is 18.0 Å². The fourth-order valence-corrected chi connectivity index (χ4v) is 3.93. The number of likely N-dealkylation sites (tertiary alicyclic amines) is 1. The van der Waals surface area contributed by atoms with Gasteiger partial charge < -0.3 is 9.64 Å². The minimum absolute atomic E-state index is 0.293. The Hall–Kier alpha value is -1.18. The van der Waals surface area contributed by atoms with E-state index < -0.39 is 0 Å². The standard InChI is InChI=1S/C18H28N4O2S/c1-25-18-19-11-16(12-20-18)14-21-6-2-3-15(13-21)4-5-17(23)22-7-9-24-10-8-22/h11-12,15H,2-10,13-14H2,1H3. The predicted molar refractivity (Wildman–Crippen MR) is 98.4 cm³/mol. The number of thioether (sulfide) groups is 1. The third-order valence-electron chi connectivity index (χ3n) is 5.00. The molecular weight excluding hydrogens is 336 g/mol. The first-order valence-corrected chi connectivity index (χ1v) is 10.4. The first kappa shape index (κ1) is 18.6. The highest BCUT2D eigenvalue weighted by molar-refractivity contribution is 7.98. The number of carbonyl (C=O) groups excluding carboxylic acids is 1. The second kappa shape index (κ2) is 9.50. The molecule has 7 heteroatoms. The number of morpholine rings is 1. The molecule has 25 heavy (non-hydrogen) atoms. The molecule has 3 rings (SSSR count). The van der Waals surface area contributed by atoms with E-state index in [9.17, 15) is 4.79 Å². The van der Waals surface area contributed by atoms with Gasteiger partial charge in [-0.15, -0.1) is 0 Å². The SMILES string of the molecule is CSc1ncc(CN2CCCC(CCC(=O)N3CCOCC3)C2)cn1. The average molecular weight is 365 g/mol. The van der Waals surface area contributed by atoms with Gasteiger partial charge in [0.15, 0.2) is 5.16 Å². The summed E-state index contributed by atoms with van der Waals surface area (Å²) in [6.07, 6.45) is 9.96. The molecule has 1 aromatic rings. The largest absolute Gasteiger partial charge is 0.378 e.